The first-order valence-corrected chi connectivity index (χ1v) is 5.22. The highest BCUT2D eigenvalue weighted by Crippen LogP contribution is 2.06. The topological polar surface area (TPSA) is 69.9 Å². The maximum atomic E-state index is 11.6. The van der Waals surface area contributed by atoms with E-state index in [2.05, 4.69) is 15.0 Å². The van der Waals surface area contributed by atoms with Crippen LogP contribution in [-0.2, 0) is 4.74 Å². The Kier molecular flexibility index (Phi) is 3.13. The van der Waals surface area contributed by atoms with Crippen molar-refractivity contribution in [2.24, 2.45) is 0 Å². The summed E-state index contributed by atoms with van der Waals surface area (Å²) in [5, 5.41) is 0. The maximum Gasteiger partial charge on any atom is 0.357 e. The van der Waals surface area contributed by atoms with E-state index < -0.39 is 5.97 Å². The lowest BCUT2D eigenvalue weighted by atomic mass is 10.3. The van der Waals surface area contributed by atoms with Gasteiger partial charge < -0.3 is 4.74 Å². The van der Waals surface area contributed by atoms with Crippen molar-refractivity contribution in [1.29, 1.82) is 0 Å². The molecule has 0 amide bonds. The Labute approximate surface area is 98.3 Å². The van der Waals surface area contributed by atoms with Gasteiger partial charge in [-0.3, -0.25) is 4.57 Å². The number of carbonyl (C=O) groups is 1. The van der Waals surface area contributed by atoms with Gasteiger partial charge in [-0.25, -0.2) is 19.7 Å². The van der Waals surface area contributed by atoms with Gasteiger partial charge in [0.15, 0.2) is 5.69 Å². The van der Waals surface area contributed by atoms with Crippen LogP contribution in [0.25, 0.3) is 5.95 Å². The third kappa shape index (κ3) is 2.47. The first-order valence-electron chi connectivity index (χ1n) is 5.22. The van der Waals surface area contributed by atoms with Crippen molar-refractivity contribution in [3.8, 4) is 5.95 Å². The SMILES string of the molecule is CCOC(=O)c1cc(C)nc(-n2ccnc2)n1. The quantitative estimate of drug-likeness (QED) is 0.742. The monoisotopic (exact) mass is 232 g/mol. The van der Waals surface area contributed by atoms with Crippen molar-refractivity contribution < 1.29 is 9.53 Å². The van der Waals surface area contributed by atoms with Crippen LogP contribution in [0.5, 0.6) is 0 Å². The maximum absolute atomic E-state index is 11.6. The predicted molar refractivity (Wildman–Crippen MR) is 59.8 cm³/mol. The summed E-state index contributed by atoms with van der Waals surface area (Å²) in [4.78, 5) is 23.8. The Morgan fingerprint density at radius 1 is 1.47 bits per heavy atom. The van der Waals surface area contributed by atoms with Crippen LogP contribution in [0.3, 0.4) is 0 Å². The first kappa shape index (κ1) is 11.3. The highest BCUT2D eigenvalue weighted by Gasteiger charge is 2.11. The standard InChI is InChI=1S/C11H12N4O2/c1-3-17-10(16)9-6-8(2)13-11(14-9)15-5-4-12-7-15/h4-7H,3H2,1-2H3. The zero-order valence-corrected chi connectivity index (χ0v) is 9.62. The molecule has 88 valence electrons. The van der Waals surface area contributed by atoms with E-state index in [1.165, 1.54) is 0 Å². The van der Waals surface area contributed by atoms with E-state index in [4.69, 9.17) is 4.74 Å². The molecule has 6 nitrogen and oxygen atoms in total. The molecular formula is C11H12N4O2. The molecule has 2 aromatic rings. The number of hydrogen-bond acceptors (Lipinski definition) is 5. The second-order valence-electron chi connectivity index (χ2n) is 3.38. The lowest BCUT2D eigenvalue weighted by Gasteiger charge is -2.05. The number of nitrogens with zero attached hydrogens (tertiary/aromatic N) is 4. The number of esters is 1. The molecule has 0 bridgehead atoms. The van der Waals surface area contributed by atoms with E-state index in [1.807, 2.05) is 0 Å². The van der Waals surface area contributed by atoms with Gasteiger partial charge in [-0.2, -0.15) is 0 Å². The molecule has 0 aliphatic rings. The number of ether oxygens (including phenoxy) is 1. The van der Waals surface area contributed by atoms with Crippen LogP contribution in [-0.4, -0.2) is 32.1 Å². The molecule has 17 heavy (non-hydrogen) atoms. The first-order chi connectivity index (χ1) is 8.20. The molecule has 0 atom stereocenters. The van der Waals surface area contributed by atoms with E-state index in [-0.39, 0.29) is 5.69 Å². The van der Waals surface area contributed by atoms with Gasteiger partial charge in [-0.1, -0.05) is 0 Å². The summed E-state index contributed by atoms with van der Waals surface area (Å²) in [7, 11) is 0. The van der Waals surface area contributed by atoms with Gasteiger partial charge in [0.05, 0.1) is 6.61 Å². The smallest absolute Gasteiger partial charge is 0.357 e. The van der Waals surface area contributed by atoms with E-state index >= 15 is 0 Å². The lowest BCUT2D eigenvalue weighted by molar-refractivity contribution is 0.0519. The number of aromatic nitrogens is 4. The number of rotatable bonds is 3. The second-order valence-corrected chi connectivity index (χ2v) is 3.38. The minimum Gasteiger partial charge on any atom is -0.461 e. The molecule has 2 aromatic heterocycles. The van der Waals surface area contributed by atoms with Crippen molar-refractivity contribution in [1.82, 2.24) is 19.5 Å². The van der Waals surface area contributed by atoms with Gasteiger partial charge in [-0.05, 0) is 19.9 Å². The predicted octanol–water partition coefficient (Wildman–Crippen LogP) is 1.15. The van der Waals surface area contributed by atoms with Crippen molar-refractivity contribution in [3.05, 3.63) is 36.2 Å². The number of imidazole rings is 1. The minimum atomic E-state index is -0.445. The molecule has 0 aliphatic heterocycles. The molecule has 0 N–H and O–H groups in total. The summed E-state index contributed by atoms with van der Waals surface area (Å²) in [5.41, 5.74) is 0.954. The highest BCUT2D eigenvalue weighted by molar-refractivity contribution is 5.87. The molecule has 0 radical (unpaired) electrons. The third-order valence-electron chi connectivity index (χ3n) is 2.06. The molecule has 0 aromatic carbocycles. The zero-order chi connectivity index (χ0) is 12.3. The summed E-state index contributed by atoms with van der Waals surface area (Å²) in [6.45, 7) is 3.87. The van der Waals surface area contributed by atoms with Crippen LogP contribution < -0.4 is 0 Å². The van der Waals surface area contributed by atoms with Gasteiger partial charge in [0.2, 0.25) is 5.95 Å². The van der Waals surface area contributed by atoms with E-state index in [1.54, 1.807) is 43.2 Å². The van der Waals surface area contributed by atoms with E-state index in [0.29, 0.717) is 18.2 Å². The Morgan fingerprint density at radius 2 is 2.29 bits per heavy atom. The van der Waals surface area contributed by atoms with Gasteiger partial charge in [0.25, 0.3) is 0 Å². The Morgan fingerprint density at radius 3 is 2.94 bits per heavy atom. The highest BCUT2D eigenvalue weighted by atomic mass is 16.5. The summed E-state index contributed by atoms with van der Waals surface area (Å²) in [5.74, 6) is -0.0371. The normalized spacial score (nSPS) is 10.2. The average molecular weight is 232 g/mol. The van der Waals surface area contributed by atoms with E-state index in [9.17, 15) is 4.79 Å². The number of carbonyl (C=O) groups excluding carboxylic acids is 1. The van der Waals surface area contributed by atoms with E-state index in [0.717, 1.165) is 0 Å². The summed E-state index contributed by atoms with van der Waals surface area (Å²) in [6.07, 6.45) is 4.91. The van der Waals surface area contributed by atoms with Crippen molar-refractivity contribution in [2.45, 2.75) is 13.8 Å². The van der Waals surface area contributed by atoms with Crippen molar-refractivity contribution >= 4 is 5.97 Å². The molecule has 0 spiro atoms. The average Bonchev–Trinajstić information content (AvgIpc) is 2.82. The van der Waals surface area contributed by atoms with Gasteiger partial charge >= 0.3 is 5.97 Å². The molecule has 2 rings (SSSR count). The molecule has 6 heteroatoms. The fourth-order valence-electron chi connectivity index (χ4n) is 1.36. The number of aryl methyl sites for hydroxylation is 1. The summed E-state index contributed by atoms with van der Waals surface area (Å²) in [6, 6.07) is 1.60. The fraction of sp³-hybridized carbons (Fsp3) is 0.273. The van der Waals surface area contributed by atoms with Crippen LogP contribution in [0.1, 0.15) is 23.1 Å². The molecule has 0 fully saturated rings. The minimum absolute atomic E-state index is 0.253. The van der Waals surface area contributed by atoms with Crippen LogP contribution in [0.15, 0.2) is 24.8 Å². The molecule has 0 saturated carbocycles. The van der Waals surface area contributed by atoms with Crippen LogP contribution in [0.4, 0.5) is 0 Å². The van der Waals surface area contributed by atoms with Crippen LogP contribution in [0.2, 0.25) is 0 Å². The Hall–Kier alpha value is -2.24. The largest absolute Gasteiger partial charge is 0.461 e. The van der Waals surface area contributed by atoms with Crippen LogP contribution in [0, 0.1) is 6.92 Å². The van der Waals surface area contributed by atoms with Gasteiger partial charge in [0, 0.05) is 18.1 Å². The number of hydrogen-bond donors (Lipinski definition) is 0. The molecule has 0 aliphatic carbocycles. The second kappa shape index (κ2) is 4.73. The third-order valence-corrected chi connectivity index (χ3v) is 2.06. The zero-order valence-electron chi connectivity index (χ0n) is 9.62. The molecule has 0 unspecified atom stereocenters. The van der Waals surface area contributed by atoms with Crippen LogP contribution >= 0.6 is 0 Å². The molecular weight excluding hydrogens is 220 g/mol. The van der Waals surface area contributed by atoms with Gasteiger partial charge in [-0.15, -0.1) is 0 Å². The fourth-order valence-corrected chi connectivity index (χ4v) is 1.36. The lowest BCUT2D eigenvalue weighted by Crippen LogP contribution is -2.11. The van der Waals surface area contributed by atoms with Crippen molar-refractivity contribution in [2.75, 3.05) is 6.61 Å². The molecule has 2 heterocycles. The summed E-state index contributed by atoms with van der Waals surface area (Å²) >= 11 is 0. The Bertz CT molecular complexity index is 522. The summed E-state index contributed by atoms with van der Waals surface area (Å²) < 4.78 is 6.54. The molecule has 0 saturated heterocycles. The Balaban J connectivity index is 2.39. The van der Waals surface area contributed by atoms with Crippen molar-refractivity contribution in [3.63, 3.8) is 0 Å². The van der Waals surface area contributed by atoms with Gasteiger partial charge in [0.1, 0.15) is 6.33 Å².